The molecular formula is C6H8N2O2S. The van der Waals surface area contributed by atoms with E-state index in [0.717, 1.165) is 0 Å². The Bertz CT molecular complexity index is 222. The molecule has 0 aliphatic rings. The molecular weight excluding hydrogens is 164 g/mol. The van der Waals surface area contributed by atoms with Crippen LogP contribution in [0.1, 0.15) is 6.42 Å². The lowest BCUT2D eigenvalue weighted by atomic mass is 10.4. The van der Waals surface area contributed by atoms with Gasteiger partial charge in [-0.15, -0.1) is 0 Å². The van der Waals surface area contributed by atoms with E-state index in [0.29, 0.717) is 12.2 Å². The molecule has 0 bridgehead atoms. The molecule has 11 heavy (non-hydrogen) atoms. The Hall–Kier alpha value is -0.970. The number of rotatable bonds is 3. The maximum Gasteiger partial charge on any atom is 0.301 e. The van der Waals surface area contributed by atoms with Crippen molar-refractivity contribution in [3.05, 3.63) is 12.5 Å². The van der Waals surface area contributed by atoms with Crippen LogP contribution >= 0.6 is 12.6 Å². The number of carbonyl (C=O) groups is 1. The second-order valence-corrected chi connectivity index (χ2v) is 2.31. The summed E-state index contributed by atoms with van der Waals surface area (Å²) in [4.78, 5) is 14.6. The molecule has 1 heterocycles. The van der Waals surface area contributed by atoms with E-state index in [1.807, 2.05) is 0 Å². The van der Waals surface area contributed by atoms with E-state index in [1.54, 1.807) is 0 Å². The molecule has 1 amide bonds. The number of thiol groups is 1. The molecule has 0 aromatic carbocycles. The quantitative estimate of drug-likeness (QED) is 0.667. The van der Waals surface area contributed by atoms with E-state index in [-0.39, 0.29) is 11.9 Å². The van der Waals surface area contributed by atoms with Gasteiger partial charge in [0.05, 0.1) is 6.20 Å². The molecule has 1 N–H and O–H groups in total. The lowest BCUT2D eigenvalue weighted by Crippen LogP contribution is -2.11. The van der Waals surface area contributed by atoms with Gasteiger partial charge in [0.2, 0.25) is 5.91 Å². The largest absolute Gasteiger partial charge is 0.432 e. The van der Waals surface area contributed by atoms with Crippen LogP contribution in [0.15, 0.2) is 16.9 Å². The highest BCUT2D eigenvalue weighted by atomic mass is 32.1. The van der Waals surface area contributed by atoms with Gasteiger partial charge in [-0.2, -0.15) is 12.6 Å². The van der Waals surface area contributed by atoms with Gasteiger partial charge in [0, 0.05) is 6.42 Å². The van der Waals surface area contributed by atoms with E-state index in [1.165, 1.54) is 12.5 Å². The Morgan fingerprint density at radius 3 is 3.18 bits per heavy atom. The van der Waals surface area contributed by atoms with Gasteiger partial charge in [0.25, 0.3) is 0 Å². The molecule has 0 atom stereocenters. The molecule has 0 fully saturated rings. The second kappa shape index (κ2) is 4.02. The molecule has 60 valence electrons. The van der Waals surface area contributed by atoms with Crippen LogP contribution in [0.2, 0.25) is 0 Å². The number of amides is 1. The maximum atomic E-state index is 10.9. The zero-order valence-electron chi connectivity index (χ0n) is 5.78. The van der Waals surface area contributed by atoms with Gasteiger partial charge in [0.1, 0.15) is 6.26 Å². The molecule has 0 unspecified atom stereocenters. The SMILES string of the molecule is O=C(CCS)Nc1ncco1. The van der Waals surface area contributed by atoms with Crippen molar-refractivity contribution < 1.29 is 9.21 Å². The lowest BCUT2D eigenvalue weighted by Gasteiger charge is -1.95. The molecule has 4 nitrogen and oxygen atoms in total. The number of oxazole rings is 1. The summed E-state index contributed by atoms with van der Waals surface area (Å²) < 4.78 is 4.78. The van der Waals surface area contributed by atoms with Crippen molar-refractivity contribution in [3.63, 3.8) is 0 Å². The molecule has 0 saturated heterocycles. The summed E-state index contributed by atoms with van der Waals surface area (Å²) in [5.74, 6) is 0.384. The van der Waals surface area contributed by atoms with E-state index in [9.17, 15) is 4.79 Å². The molecule has 0 aliphatic heterocycles. The fourth-order valence-corrected chi connectivity index (χ4v) is 0.772. The Balaban J connectivity index is 2.37. The summed E-state index contributed by atoms with van der Waals surface area (Å²) in [7, 11) is 0. The summed E-state index contributed by atoms with van der Waals surface area (Å²) >= 11 is 3.90. The van der Waals surface area contributed by atoms with E-state index < -0.39 is 0 Å². The summed E-state index contributed by atoms with van der Waals surface area (Å²) in [6.07, 6.45) is 3.23. The molecule has 5 heteroatoms. The van der Waals surface area contributed by atoms with Crippen molar-refractivity contribution in [2.45, 2.75) is 6.42 Å². The van der Waals surface area contributed by atoms with Crippen LogP contribution in [0.4, 0.5) is 6.01 Å². The fraction of sp³-hybridized carbons (Fsp3) is 0.333. The number of carbonyl (C=O) groups excluding carboxylic acids is 1. The van der Waals surface area contributed by atoms with Crippen molar-refractivity contribution >= 4 is 24.6 Å². The van der Waals surface area contributed by atoms with Crippen molar-refractivity contribution in [1.82, 2.24) is 4.98 Å². The molecule has 0 spiro atoms. The minimum absolute atomic E-state index is 0.137. The first-order valence-electron chi connectivity index (χ1n) is 3.13. The zero-order valence-corrected chi connectivity index (χ0v) is 6.67. The Labute approximate surface area is 69.4 Å². The molecule has 0 aliphatic carbocycles. The molecule has 1 rings (SSSR count). The number of nitrogens with zero attached hydrogens (tertiary/aromatic N) is 1. The minimum atomic E-state index is -0.137. The highest BCUT2D eigenvalue weighted by molar-refractivity contribution is 7.80. The standard InChI is InChI=1S/C6H8N2O2S/c9-5(1-4-11)8-6-7-2-3-10-6/h2-3,11H,1,4H2,(H,7,8,9). The van der Waals surface area contributed by atoms with Gasteiger partial charge >= 0.3 is 6.01 Å². The predicted octanol–water partition coefficient (Wildman–Crippen LogP) is 0.933. The highest BCUT2D eigenvalue weighted by Gasteiger charge is 2.02. The van der Waals surface area contributed by atoms with Crippen molar-refractivity contribution in [2.75, 3.05) is 11.1 Å². The third kappa shape index (κ3) is 2.63. The first-order chi connectivity index (χ1) is 5.33. The van der Waals surface area contributed by atoms with Crippen LogP contribution in [0.25, 0.3) is 0 Å². The van der Waals surface area contributed by atoms with Gasteiger partial charge in [-0.1, -0.05) is 0 Å². The first-order valence-corrected chi connectivity index (χ1v) is 3.76. The van der Waals surface area contributed by atoms with Gasteiger partial charge < -0.3 is 4.42 Å². The van der Waals surface area contributed by atoms with Crippen molar-refractivity contribution in [2.24, 2.45) is 0 Å². The van der Waals surface area contributed by atoms with Gasteiger partial charge in [-0.05, 0) is 5.75 Å². The third-order valence-electron chi connectivity index (χ3n) is 1.02. The third-order valence-corrected chi connectivity index (χ3v) is 1.24. The molecule has 1 aromatic heterocycles. The molecule has 1 aromatic rings. The lowest BCUT2D eigenvalue weighted by molar-refractivity contribution is -0.115. The van der Waals surface area contributed by atoms with Crippen LogP contribution in [-0.2, 0) is 4.79 Å². The summed E-state index contributed by atoms with van der Waals surface area (Å²) in [6, 6.07) is 0.233. The van der Waals surface area contributed by atoms with Crippen LogP contribution in [0.5, 0.6) is 0 Å². The Kier molecular flexibility index (Phi) is 2.97. The normalized spacial score (nSPS) is 9.55. The van der Waals surface area contributed by atoms with Gasteiger partial charge in [-0.3, -0.25) is 10.1 Å². The van der Waals surface area contributed by atoms with Crippen LogP contribution in [-0.4, -0.2) is 16.6 Å². The van der Waals surface area contributed by atoms with E-state index in [4.69, 9.17) is 4.42 Å². The fourth-order valence-electron chi connectivity index (χ4n) is 0.568. The van der Waals surface area contributed by atoms with Crippen LogP contribution < -0.4 is 5.32 Å². The average Bonchev–Trinajstić information content (AvgIpc) is 2.40. The average molecular weight is 172 g/mol. The summed E-state index contributed by atoms with van der Waals surface area (Å²) in [5.41, 5.74) is 0. The Morgan fingerprint density at radius 1 is 1.82 bits per heavy atom. The van der Waals surface area contributed by atoms with Gasteiger partial charge in [0.15, 0.2) is 0 Å². The smallest absolute Gasteiger partial charge is 0.301 e. The highest BCUT2D eigenvalue weighted by Crippen LogP contribution is 2.01. The van der Waals surface area contributed by atoms with Crippen LogP contribution in [0.3, 0.4) is 0 Å². The molecule has 0 saturated carbocycles. The van der Waals surface area contributed by atoms with Crippen molar-refractivity contribution in [1.29, 1.82) is 0 Å². The topological polar surface area (TPSA) is 55.1 Å². The predicted molar refractivity (Wildman–Crippen MR) is 43.6 cm³/mol. The number of anilines is 1. The second-order valence-electron chi connectivity index (χ2n) is 1.86. The zero-order chi connectivity index (χ0) is 8.10. The minimum Gasteiger partial charge on any atom is -0.432 e. The Morgan fingerprint density at radius 2 is 2.64 bits per heavy atom. The monoisotopic (exact) mass is 172 g/mol. The van der Waals surface area contributed by atoms with E-state index in [2.05, 4.69) is 22.9 Å². The van der Waals surface area contributed by atoms with E-state index >= 15 is 0 Å². The van der Waals surface area contributed by atoms with Crippen molar-refractivity contribution in [3.8, 4) is 0 Å². The molecule has 0 radical (unpaired) electrons. The first kappa shape index (κ1) is 8.13. The summed E-state index contributed by atoms with van der Waals surface area (Å²) in [5, 5.41) is 2.46. The van der Waals surface area contributed by atoms with Crippen LogP contribution in [0, 0.1) is 0 Å². The number of aromatic nitrogens is 1. The maximum absolute atomic E-state index is 10.9. The van der Waals surface area contributed by atoms with Gasteiger partial charge in [-0.25, -0.2) is 4.98 Å². The number of hydrogen-bond acceptors (Lipinski definition) is 4. The number of nitrogens with one attached hydrogen (secondary N) is 1. The summed E-state index contributed by atoms with van der Waals surface area (Å²) in [6.45, 7) is 0. The number of hydrogen-bond donors (Lipinski definition) is 2.